The molecule has 0 aliphatic carbocycles. The summed E-state index contributed by atoms with van der Waals surface area (Å²) in [6.07, 6.45) is 6.81. The number of benzene rings is 2. The molecule has 0 saturated carbocycles. The maximum atomic E-state index is 13.5. The minimum Gasteiger partial charge on any atom is -0.497 e. The largest absolute Gasteiger partial charge is 0.497 e. The van der Waals surface area contributed by atoms with Crippen LogP contribution in [0.5, 0.6) is 5.75 Å². The van der Waals surface area contributed by atoms with Crippen molar-refractivity contribution in [3.63, 3.8) is 0 Å². The van der Waals surface area contributed by atoms with Crippen LogP contribution in [0.25, 0.3) is 0 Å². The van der Waals surface area contributed by atoms with Crippen molar-refractivity contribution in [2.24, 2.45) is 5.41 Å². The van der Waals surface area contributed by atoms with Gasteiger partial charge in [-0.15, -0.1) is 24.8 Å². The van der Waals surface area contributed by atoms with Crippen molar-refractivity contribution >= 4 is 36.6 Å². The number of aromatic nitrogens is 1. The highest BCUT2D eigenvalue weighted by molar-refractivity contribution is 5.94. The van der Waals surface area contributed by atoms with E-state index < -0.39 is 0 Å². The van der Waals surface area contributed by atoms with Crippen LogP contribution in [0.2, 0.25) is 0 Å². The minimum atomic E-state index is -0.225. The highest BCUT2D eigenvalue weighted by atomic mass is 35.5. The fourth-order valence-electron chi connectivity index (χ4n) is 5.73. The number of nitrogens with zero attached hydrogens (tertiary/aromatic N) is 3. The van der Waals surface area contributed by atoms with E-state index in [2.05, 4.69) is 27.3 Å². The Morgan fingerprint density at radius 1 is 0.950 bits per heavy atom. The summed E-state index contributed by atoms with van der Waals surface area (Å²) in [6.45, 7) is 4.16. The molecular formula is C31H38Cl2N4O3. The fraction of sp³-hybridized carbons (Fsp3) is 0.387. The summed E-state index contributed by atoms with van der Waals surface area (Å²) in [7, 11) is 1.66. The summed E-state index contributed by atoms with van der Waals surface area (Å²) >= 11 is 0. The van der Waals surface area contributed by atoms with Crippen molar-refractivity contribution in [3.05, 3.63) is 95.8 Å². The number of halogens is 2. The summed E-state index contributed by atoms with van der Waals surface area (Å²) in [5, 5.41) is 3.22. The number of amides is 2. The van der Waals surface area contributed by atoms with Crippen molar-refractivity contribution < 1.29 is 14.3 Å². The first-order valence-electron chi connectivity index (χ1n) is 13.5. The molecule has 1 unspecified atom stereocenters. The summed E-state index contributed by atoms with van der Waals surface area (Å²) < 4.78 is 5.25. The van der Waals surface area contributed by atoms with E-state index in [1.807, 2.05) is 47.4 Å². The number of rotatable bonds is 9. The van der Waals surface area contributed by atoms with Crippen LogP contribution in [0.15, 0.2) is 79.1 Å². The van der Waals surface area contributed by atoms with Gasteiger partial charge in [0.05, 0.1) is 18.6 Å². The highest BCUT2D eigenvalue weighted by Gasteiger charge is 2.47. The van der Waals surface area contributed by atoms with Gasteiger partial charge in [-0.25, -0.2) is 0 Å². The van der Waals surface area contributed by atoms with E-state index in [0.29, 0.717) is 18.0 Å². The van der Waals surface area contributed by atoms with Gasteiger partial charge in [-0.05, 0) is 74.2 Å². The van der Waals surface area contributed by atoms with Crippen LogP contribution in [-0.4, -0.2) is 59.9 Å². The second kappa shape index (κ2) is 14.5. The Kier molecular flexibility index (Phi) is 11.4. The number of carbonyl (C=O) groups excluding carboxylic acids is 2. The van der Waals surface area contributed by atoms with Gasteiger partial charge >= 0.3 is 0 Å². The van der Waals surface area contributed by atoms with Crippen LogP contribution in [0, 0.1) is 5.41 Å². The van der Waals surface area contributed by atoms with Crippen molar-refractivity contribution in [1.82, 2.24) is 20.1 Å². The van der Waals surface area contributed by atoms with Crippen molar-refractivity contribution in [2.45, 2.75) is 38.3 Å². The topological polar surface area (TPSA) is 74.8 Å². The first kappa shape index (κ1) is 31.4. The Morgan fingerprint density at radius 3 is 2.25 bits per heavy atom. The molecule has 0 bridgehead atoms. The third-order valence-electron chi connectivity index (χ3n) is 8.13. The minimum absolute atomic E-state index is 0. The molecule has 40 heavy (non-hydrogen) atoms. The van der Waals surface area contributed by atoms with E-state index in [1.54, 1.807) is 31.6 Å². The quantitative estimate of drug-likeness (QED) is 0.369. The maximum Gasteiger partial charge on any atom is 0.251 e. The van der Waals surface area contributed by atoms with Gasteiger partial charge in [-0.1, -0.05) is 42.5 Å². The van der Waals surface area contributed by atoms with Crippen molar-refractivity contribution in [3.8, 4) is 5.75 Å². The summed E-state index contributed by atoms with van der Waals surface area (Å²) in [6, 6.07) is 21.5. The normalized spacial score (nSPS) is 17.0. The average molecular weight is 586 g/mol. The molecular weight excluding hydrogens is 547 g/mol. The van der Waals surface area contributed by atoms with Crippen LogP contribution in [0.3, 0.4) is 0 Å². The molecule has 1 aromatic heterocycles. The standard InChI is InChI=1S/C31H36N4O3.2ClH/c1-38-27-9-7-24(8-10-27)23-35-22-16-31(30(35)37)14-20-34(21-15-31)19-13-28(25-5-3-2-4-6-25)33-29(36)26-11-17-32-18-12-26;;/h2-12,17-18,28H,13-16,19-23H2,1H3,(H,33,36);2*1H. The Hall–Kier alpha value is -3.13. The van der Waals surface area contributed by atoms with E-state index in [9.17, 15) is 9.59 Å². The Morgan fingerprint density at radius 2 is 1.60 bits per heavy atom. The van der Waals surface area contributed by atoms with Gasteiger partial charge < -0.3 is 19.9 Å². The molecule has 1 spiro atoms. The molecule has 1 N–H and O–H groups in total. The third-order valence-corrected chi connectivity index (χ3v) is 8.13. The fourth-order valence-corrected chi connectivity index (χ4v) is 5.73. The molecule has 2 saturated heterocycles. The Labute approximate surface area is 249 Å². The molecule has 2 aliphatic rings. The van der Waals surface area contributed by atoms with Gasteiger partial charge in [0.15, 0.2) is 0 Å². The average Bonchev–Trinajstić information content (AvgIpc) is 3.27. The summed E-state index contributed by atoms with van der Waals surface area (Å²) in [5.41, 5.74) is 2.62. The molecule has 5 rings (SSSR count). The van der Waals surface area contributed by atoms with E-state index in [4.69, 9.17) is 4.74 Å². The first-order chi connectivity index (χ1) is 18.6. The van der Waals surface area contributed by atoms with Crippen LogP contribution < -0.4 is 10.1 Å². The number of ether oxygens (including phenoxy) is 1. The molecule has 2 aromatic carbocycles. The zero-order chi connectivity index (χ0) is 26.4. The molecule has 3 heterocycles. The number of carbonyl (C=O) groups is 2. The van der Waals surface area contributed by atoms with Gasteiger partial charge in [0.2, 0.25) is 5.91 Å². The predicted octanol–water partition coefficient (Wildman–Crippen LogP) is 5.31. The predicted molar refractivity (Wildman–Crippen MR) is 161 cm³/mol. The van der Waals surface area contributed by atoms with E-state index >= 15 is 0 Å². The van der Waals surface area contributed by atoms with Crippen LogP contribution in [-0.2, 0) is 11.3 Å². The lowest BCUT2D eigenvalue weighted by molar-refractivity contribution is -0.138. The number of nitrogens with one attached hydrogen (secondary N) is 1. The number of hydrogen-bond acceptors (Lipinski definition) is 5. The van der Waals surface area contributed by atoms with Gasteiger partial charge in [-0.3, -0.25) is 14.6 Å². The number of pyridine rings is 1. The summed E-state index contributed by atoms with van der Waals surface area (Å²) in [4.78, 5) is 34.8. The maximum absolute atomic E-state index is 13.5. The molecule has 2 fully saturated rings. The number of hydrogen-bond donors (Lipinski definition) is 1. The smallest absolute Gasteiger partial charge is 0.251 e. The van der Waals surface area contributed by atoms with Crippen molar-refractivity contribution in [1.29, 1.82) is 0 Å². The summed E-state index contributed by atoms with van der Waals surface area (Å²) in [5.74, 6) is 1.05. The monoisotopic (exact) mass is 584 g/mol. The van der Waals surface area contributed by atoms with Crippen LogP contribution in [0.4, 0.5) is 0 Å². The van der Waals surface area contributed by atoms with Gasteiger partial charge in [0.25, 0.3) is 5.91 Å². The van der Waals surface area contributed by atoms with E-state index in [1.165, 1.54) is 0 Å². The Balaban J connectivity index is 0.00000220. The zero-order valence-electron chi connectivity index (χ0n) is 22.8. The van der Waals surface area contributed by atoms with E-state index in [0.717, 1.165) is 68.7 Å². The second-order valence-electron chi connectivity index (χ2n) is 10.4. The molecule has 0 radical (unpaired) electrons. The van der Waals surface area contributed by atoms with Crippen LogP contribution >= 0.6 is 24.8 Å². The number of methoxy groups -OCH3 is 1. The second-order valence-corrected chi connectivity index (χ2v) is 10.4. The Bertz CT molecular complexity index is 1220. The van der Waals surface area contributed by atoms with Gasteiger partial charge in [0, 0.05) is 37.6 Å². The lowest BCUT2D eigenvalue weighted by atomic mass is 9.77. The van der Waals surface area contributed by atoms with Gasteiger partial charge in [-0.2, -0.15) is 0 Å². The van der Waals surface area contributed by atoms with Crippen molar-refractivity contribution in [2.75, 3.05) is 33.3 Å². The SMILES string of the molecule is COc1ccc(CN2CCC3(CCN(CCC(NC(=O)c4ccncc4)c4ccccc4)CC3)C2=O)cc1.Cl.Cl. The number of piperidine rings is 1. The zero-order valence-corrected chi connectivity index (χ0v) is 24.5. The molecule has 2 amide bonds. The number of likely N-dealkylation sites (tertiary alicyclic amines) is 2. The molecule has 7 nitrogen and oxygen atoms in total. The lowest BCUT2D eigenvalue weighted by Crippen LogP contribution is -2.45. The molecule has 9 heteroatoms. The molecule has 1 atom stereocenters. The van der Waals surface area contributed by atoms with E-state index in [-0.39, 0.29) is 42.2 Å². The molecule has 214 valence electrons. The first-order valence-corrected chi connectivity index (χ1v) is 13.5. The molecule has 3 aromatic rings. The highest BCUT2D eigenvalue weighted by Crippen LogP contribution is 2.42. The lowest BCUT2D eigenvalue weighted by Gasteiger charge is -2.38. The third kappa shape index (κ3) is 7.33. The molecule has 2 aliphatic heterocycles. The van der Waals surface area contributed by atoms with Crippen LogP contribution in [0.1, 0.15) is 53.2 Å². The van der Waals surface area contributed by atoms with Gasteiger partial charge in [0.1, 0.15) is 5.75 Å².